The van der Waals surface area contributed by atoms with Gasteiger partial charge < -0.3 is 66.9 Å². The SMILES string of the molecule is CC[C@H](C)C([C@@H](CC(=O)N1CCC[C@H]1[C@H](OC)C(C)C(=O)N[C@@H](Cc1ccccc1)C(=O)O)OC)N(C)C(=O)[C@@H](NC(=O)[C@H](C(C)C)N(C)C(=O)CNC(=O)[C@H](CCCNC(N)=O)NC(=O)[C@@H](NC(=O)CCCCCN1C(=O)CC(SC(C)C)C1=O)C(C)C)C(C)C. The van der Waals surface area contributed by atoms with Crippen molar-refractivity contribution < 1.29 is 72.1 Å². The van der Waals surface area contributed by atoms with Gasteiger partial charge in [0.2, 0.25) is 59.1 Å². The van der Waals surface area contributed by atoms with E-state index in [0.717, 1.165) is 5.56 Å². The smallest absolute Gasteiger partial charge is 0.326 e. The van der Waals surface area contributed by atoms with E-state index in [1.807, 2.05) is 33.8 Å². The molecule has 3 rings (SSSR count). The van der Waals surface area contributed by atoms with Gasteiger partial charge in [0.15, 0.2) is 0 Å². The first kappa shape index (κ1) is 79.4. The lowest BCUT2D eigenvalue weighted by molar-refractivity contribution is -0.149. The number of carboxylic acids is 1. The van der Waals surface area contributed by atoms with Crippen molar-refractivity contribution >= 4 is 82.8 Å². The number of rotatable bonds is 40. The number of thioether (sulfide) groups is 1. The fourth-order valence-electron chi connectivity index (χ4n) is 12.0. The van der Waals surface area contributed by atoms with Gasteiger partial charge in [-0.3, -0.25) is 52.8 Å². The van der Waals surface area contributed by atoms with E-state index >= 15 is 0 Å². The Morgan fingerprint density at radius 2 is 1.38 bits per heavy atom. The molecule has 27 heteroatoms. The molecule has 1 aromatic rings. The molecule has 0 spiro atoms. The number of likely N-dealkylation sites (N-methyl/N-ethyl adjacent to an activating group) is 2. The summed E-state index contributed by atoms with van der Waals surface area (Å²) in [5.41, 5.74) is 5.99. The van der Waals surface area contributed by atoms with Crippen molar-refractivity contribution in [2.45, 2.75) is 218 Å². The van der Waals surface area contributed by atoms with Crippen LogP contribution in [-0.4, -0.2) is 215 Å². The molecule has 518 valence electrons. The maximum absolute atomic E-state index is 14.8. The molecule has 2 aliphatic rings. The Labute approximate surface area is 548 Å². The number of hydrogen-bond donors (Lipinski definition) is 8. The van der Waals surface area contributed by atoms with Crippen molar-refractivity contribution in [1.82, 2.24) is 51.5 Å². The number of carboxylic acid groups (broad SMARTS) is 1. The van der Waals surface area contributed by atoms with Crippen LogP contribution in [0.1, 0.15) is 152 Å². The third kappa shape index (κ3) is 23.9. The number of primary amides is 1. The predicted octanol–water partition coefficient (Wildman–Crippen LogP) is 3.36. The van der Waals surface area contributed by atoms with Gasteiger partial charge in [0, 0.05) is 67.2 Å². The van der Waals surface area contributed by atoms with E-state index < -0.39 is 138 Å². The molecule has 1 aromatic carbocycles. The summed E-state index contributed by atoms with van der Waals surface area (Å²) in [6.07, 6.45) is 1.87. The van der Waals surface area contributed by atoms with Crippen molar-refractivity contribution in [2.24, 2.45) is 35.3 Å². The summed E-state index contributed by atoms with van der Waals surface area (Å²) in [7, 11) is 5.91. The van der Waals surface area contributed by atoms with E-state index in [0.29, 0.717) is 45.1 Å². The van der Waals surface area contributed by atoms with E-state index in [-0.39, 0.29) is 85.8 Å². The van der Waals surface area contributed by atoms with Crippen LogP contribution in [0.4, 0.5) is 4.79 Å². The molecule has 2 heterocycles. The van der Waals surface area contributed by atoms with Crippen LogP contribution < -0.4 is 37.6 Å². The van der Waals surface area contributed by atoms with Crippen LogP contribution in [-0.2, 0) is 68.6 Å². The largest absolute Gasteiger partial charge is 0.480 e. The molecule has 0 saturated carbocycles. The van der Waals surface area contributed by atoms with Crippen LogP contribution in [0.5, 0.6) is 0 Å². The minimum absolute atomic E-state index is 0.0150. The molecule has 3 unspecified atom stereocenters. The van der Waals surface area contributed by atoms with Gasteiger partial charge in [0.1, 0.15) is 30.2 Å². The molecule has 26 nitrogen and oxygen atoms in total. The van der Waals surface area contributed by atoms with Crippen molar-refractivity contribution in [1.29, 1.82) is 0 Å². The van der Waals surface area contributed by atoms with Crippen LogP contribution in [0.25, 0.3) is 0 Å². The molecule has 0 radical (unpaired) electrons. The number of unbranched alkanes of at least 4 members (excludes halogenated alkanes) is 2. The van der Waals surface area contributed by atoms with Crippen LogP contribution >= 0.6 is 11.8 Å². The van der Waals surface area contributed by atoms with Gasteiger partial charge in [-0.2, -0.15) is 0 Å². The highest BCUT2D eigenvalue weighted by Crippen LogP contribution is 2.31. The number of urea groups is 1. The molecule has 12 amide bonds. The maximum Gasteiger partial charge on any atom is 0.326 e. The molecule has 9 N–H and O–H groups in total. The van der Waals surface area contributed by atoms with Gasteiger partial charge in [-0.05, 0) is 73.0 Å². The Hall–Kier alpha value is -6.87. The lowest BCUT2D eigenvalue weighted by Crippen LogP contribution is -2.61. The first-order valence-electron chi connectivity index (χ1n) is 32.5. The van der Waals surface area contributed by atoms with E-state index in [9.17, 15) is 62.6 Å². The first-order valence-corrected chi connectivity index (χ1v) is 33.4. The number of aliphatic carboxylic acids is 1. The summed E-state index contributed by atoms with van der Waals surface area (Å²) >= 11 is 1.47. The minimum atomic E-state index is -1.25. The fraction of sp³-hybridized carbons (Fsp3) is 0.723. The number of imide groups is 1. The Balaban J connectivity index is 1.71. The first-order chi connectivity index (χ1) is 43.3. The number of carbonyl (C=O) groups excluding carboxylic acids is 11. The van der Waals surface area contributed by atoms with E-state index in [4.69, 9.17) is 15.2 Å². The molecule has 2 fully saturated rings. The molecule has 0 aromatic heterocycles. The number of carbonyl (C=O) groups is 12. The molecular weight excluding hydrogens is 1210 g/mol. The molecule has 2 saturated heterocycles. The number of nitrogens with two attached hydrogens (primary N) is 1. The number of hydrogen-bond acceptors (Lipinski definition) is 15. The zero-order valence-corrected chi connectivity index (χ0v) is 57.7. The number of methoxy groups -OCH3 is 2. The Bertz CT molecular complexity index is 2650. The lowest BCUT2D eigenvalue weighted by Gasteiger charge is -2.41. The average molecular weight is 1310 g/mol. The quantitative estimate of drug-likeness (QED) is 0.0345. The Morgan fingerprint density at radius 1 is 0.739 bits per heavy atom. The van der Waals surface area contributed by atoms with Crippen LogP contribution in [0.2, 0.25) is 0 Å². The second kappa shape index (κ2) is 39.0. The monoisotopic (exact) mass is 1310 g/mol. The molecular formula is C65H107N11O15S. The average Bonchev–Trinajstić information content (AvgIpc) is 1.37. The van der Waals surface area contributed by atoms with Gasteiger partial charge in [-0.25, -0.2) is 9.59 Å². The zero-order chi connectivity index (χ0) is 69.3. The fourth-order valence-corrected chi connectivity index (χ4v) is 13.1. The third-order valence-corrected chi connectivity index (χ3v) is 18.5. The molecule has 0 bridgehead atoms. The second-order valence-corrected chi connectivity index (χ2v) is 27.5. The van der Waals surface area contributed by atoms with Crippen molar-refractivity contribution in [3.05, 3.63) is 35.9 Å². The zero-order valence-electron chi connectivity index (χ0n) is 56.9. The maximum atomic E-state index is 14.8. The number of amides is 12. The lowest BCUT2D eigenvalue weighted by atomic mass is 9.89. The topological polar surface area (TPSA) is 355 Å². The van der Waals surface area contributed by atoms with Gasteiger partial charge in [-0.15, -0.1) is 11.8 Å². The molecule has 12 atom stereocenters. The number of nitrogens with one attached hydrogen (secondary N) is 6. The van der Waals surface area contributed by atoms with Crippen LogP contribution in [0, 0.1) is 29.6 Å². The third-order valence-electron chi connectivity index (χ3n) is 17.3. The summed E-state index contributed by atoms with van der Waals surface area (Å²) < 4.78 is 12.0. The Kier molecular flexibility index (Phi) is 33.6. The summed E-state index contributed by atoms with van der Waals surface area (Å²) in [4.78, 5) is 167. The summed E-state index contributed by atoms with van der Waals surface area (Å²) in [6, 6.07) is 1.14. The summed E-state index contributed by atoms with van der Waals surface area (Å²) in [6.45, 7) is 19.9. The normalized spacial score (nSPS) is 18.2. The standard InChI is InChI=1S/C65H107N11O15S/c1-16-41(10)56(47(90-14)34-50(78)75-32-24-28-46(75)57(91-15)42(11)58(81)70-45(64(87)88)33-43-25-19-17-20-26-43)74(13)63(86)54(38(4)5)72-61(84)55(39(6)7)73(12)52(80)36-68-59(82)44(27-23-30-67-65(66)89)69-60(83)53(37(2)3)71-49(77)29-21-18-22-31-76-51(79)35-48(62(76)85)92-40(8)9/h17,19-20,25-26,37-42,44-48,53-57H,16,18,21-24,27-36H2,1-15H3,(H,68,82)(H,69,83)(H,70,81)(H,71,77)(H,72,84)(H,87,88)(H3,66,67,89)/t41-,42?,44-,45-,46-,47+,48?,53-,54-,55-,56?,57+/m0/s1. The highest BCUT2D eigenvalue weighted by molar-refractivity contribution is 8.01. The summed E-state index contributed by atoms with van der Waals surface area (Å²) in [5.74, 6) is -8.56. The van der Waals surface area contributed by atoms with Gasteiger partial charge in [0.25, 0.3) is 0 Å². The van der Waals surface area contributed by atoms with E-state index in [2.05, 4.69) is 31.9 Å². The van der Waals surface area contributed by atoms with Crippen LogP contribution in [0.15, 0.2) is 30.3 Å². The molecule has 2 aliphatic heterocycles. The van der Waals surface area contributed by atoms with Gasteiger partial charge in [-0.1, -0.05) is 119 Å². The van der Waals surface area contributed by atoms with Crippen LogP contribution in [0.3, 0.4) is 0 Å². The highest BCUT2D eigenvalue weighted by Gasteiger charge is 2.45. The van der Waals surface area contributed by atoms with Gasteiger partial charge >= 0.3 is 12.0 Å². The number of likely N-dealkylation sites (tertiary alicyclic amines) is 2. The van der Waals surface area contributed by atoms with Crippen molar-refractivity contribution in [2.75, 3.05) is 54.5 Å². The van der Waals surface area contributed by atoms with E-state index in [1.54, 1.807) is 84.7 Å². The number of nitrogens with zero attached hydrogens (tertiary/aromatic N) is 4. The predicted molar refractivity (Wildman–Crippen MR) is 349 cm³/mol. The van der Waals surface area contributed by atoms with E-state index in [1.165, 1.54) is 47.7 Å². The van der Waals surface area contributed by atoms with Crippen molar-refractivity contribution in [3.63, 3.8) is 0 Å². The number of benzene rings is 1. The molecule has 92 heavy (non-hydrogen) atoms. The van der Waals surface area contributed by atoms with Crippen molar-refractivity contribution in [3.8, 4) is 0 Å². The highest BCUT2D eigenvalue weighted by atomic mass is 32.2. The molecule has 0 aliphatic carbocycles. The summed E-state index contributed by atoms with van der Waals surface area (Å²) in [5, 5.41) is 25.9. The minimum Gasteiger partial charge on any atom is -0.480 e. The number of ether oxygens (including phenoxy) is 2. The Morgan fingerprint density at radius 3 is 1.95 bits per heavy atom. The second-order valence-electron chi connectivity index (χ2n) is 25.7. The van der Waals surface area contributed by atoms with Gasteiger partial charge in [0.05, 0.1) is 48.4 Å².